The summed E-state index contributed by atoms with van der Waals surface area (Å²) in [4.78, 5) is 22.6. The predicted molar refractivity (Wildman–Crippen MR) is 77.1 cm³/mol. The van der Waals surface area contributed by atoms with Crippen LogP contribution in [-0.4, -0.2) is 27.3 Å². The van der Waals surface area contributed by atoms with Gasteiger partial charge >= 0.3 is 0 Å². The van der Waals surface area contributed by atoms with Crippen LogP contribution < -0.4 is 0 Å². The van der Waals surface area contributed by atoms with E-state index in [0.29, 0.717) is 5.91 Å². The number of hydrogen-bond acceptors (Lipinski definition) is 2. The molecule has 104 valence electrons. The van der Waals surface area contributed by atoms with Crippen LogP contribution >= 0.6 is 0 Å². The van der Waals surface area contributed by atoms with Crippen LogP contribution in [0.15, 0.2) is 24.3 Å². The van der Waals surface area contributed by atoms with E-state index in [0.717, 1.165) is 49.1 Å². The van der Waals surface area contributed by atoms with Gasteiger partial charge in [0.15, 0.2) is 0 Å². The number of para-hydroxylation sites is 2. The zero-order valence-electron chi connectivity index (χ0n) is 11.5. The molecule has 1 saturated heterocycles. The highest BCUT2D eigenvalue weighted by atomic mass is 16.2. The quantitative estimate of drug-likeness (QED) is 0.911. The number of nitrogens with one attached hydrogen (secondary N) is 1. The van der Waals surface area contributed by atoms with Gasteiger partial charge in [-0.25, -0.2) is 4.98 Å². The second kappa shape index (κ2) is 4.62. The molecule has 2 aliphatic rings. The van der Waals surface area contributed by atoms with E-state index in [1.807, 2.05) is 24.3 Å². The van der Waals surface area contributed by atoms with E-state index in [1.54, 1.807) is 0 Å². The van der Waals surface area contributed by atoms with Crippen molar-refractivity contribution in [1.82, 2.24) is 14.9 Å². The van der Waals surface area contributed by atoms with Gasteiger partial charge in [-0.1, -0.05) is 18.6 Å². The van der Waals surface area contributed by atoms with Crippen LogP contribution in [0, 0.1) is 5.92 Å². The number of imidazole rings is 1. The highest BCUT2D eigenvalue weighted by Crippen LogP contribution is 2.36. The lowest BCUT2D eigenvalue weighted by Gasteiger charge is -2.32. The minimum absolute atomic E-state index is 0.149. The average molecular weight is 269 g/mol. The molecule has 0 spiro atoms. The minimum Gasteiger partial charge on any atom is -0.340 e. The maximum Gasteiger partial charge on any atom is 0.226 e. The van der Waals surface area contributed by atoms with Gasteiger partial charge in [-0.15, -0.1) is 0 Å². The molecule has 2 aromatic rings. The Labute approximate surface area is 118 Å². The SMILES string of the molecule is O=C(C1CCC1)N1CCC[C@@H]1c1nc2ccccc2[nH]1. The summed E-state index contributed by atoms with van der Waals surface area (Å²) in [6.45, 7) is 0.886. The van der Waals surface area contributed by atoms with Crippen LogP contribution in [0.1, 0.15) is 44.0 Å². The minimum atomic E-state index is 0.149. The number of H-pyrrole nitrogens is 1. The van der Waals surface area contributed by atoms with Crippen molar-refractivity contribution in [2.24, 2.45) is 5.92 Å². The van der Waals surface area contributed by atoms with Crippen LogP contribution in [0.5, 0.6) is 0 Å². The first-order valence-corrected chi connectivity index (χ1v) is 7.58. The van der Waals surface area contributed by atoms with Crippen molar-refractivity contribution in [2.45, 2.75) is 38.1 Å². The Bertz CT molecular complexity index is 611. The normalized spacial score (nSPS) is 23.2. The second-order valence-electron chi connectivity index (χ2n) is 5.96. The van der Waals surface area contributed by atoms with Crippen molar-refractivity contribution in [1.29, 1.82) is 0 Å². The molecule has 1 saturated carbocycles. The lowest BCUT2D eigenvalue weighted by molar-refractivity contribution is -0.139. The van der Waals surface area contributed by atoms with Gasteiger partial charge in [0.05, 0.1) is 17.1 Å². The van der Waals surface area contributed by atoms with E-state index >= 15 is 0 Å². The van der Waals surface area contributed by atoms with E-state index in [4.69, 9.17) is 0 Å². The van der Waals surface area contributed by atoms with Crippen molar-refractivity contribution in [3.8, 4) is 0 Å². The van der Waals surface area contributed by atoms with Gasteiger partial charge in [0.25, 0.3) is 0 Å². The summed E-state index contributed by atoms with van der Waals surface area (Å²) in [6.07, 6.45) is 5.46. The van der Waals surface area contributed by atoms with Crippen LogP contribution in [0.4, 0.5) is 0 Å². The fraction of sp³-hybridized carbons (Fsp3) is 0.500. The Morgan fingerprint density at radius 3 is 2.80 bits per heavy atom. The Morgan fingerprint density at radius 2 is 2.05 bits per heavy atom. The first-order chi connectivity index (χ1) is 9.83. The van der Waals surface area contributed by atoms with E-state index in [2.05, 4.69) is 14.9 Å². The number of carbonyl (C=O) groups is 1. The summed E-state index contributed by atoms with van der Waals surface area (Å²) in [7, 11) is 0. The van der Waals surface area contributed by atoms with E-state index in [9.17, 15) is 4.79 Å². The molecule has 1 aliphatic carbocycles. The smallest absolute Gasteiger partial charge is 0.226 e. The Kier molecular flexibility index (Phi) is 2.76. The summed E-state index contributed by atoms with van der Waals surface area (Å²) in [5.74, 6) is 1.58. The van der Waals surface area contributed by atoms with E-state index in [1.165, 1.54) is 6.42 Å². The van der Waals surface area contributed by atoms with Crippen molar-refractivity contribution in [2.75, 3.05) is 6.54 Å². The molecular formula is C16H19N3O. The molecule has 0 bridgehead atoms. The van der Waals surface area contributed by atoms with Crippen LogP contribution in [0.25, 0.3) is 11.0 Å². The standard InChI is InChI=1S/C16H19N3O/c20-16(11-5-3-6-11)19-10-4-9-14(19)15-17-12-7-1-2-8-13(12)18-15/h1-2,7-8,11,14H,3-6,9-10H2,(H,17,18)/t14-/m1/s1. The Morgan fingerprint density at radius 1 is 1.20 bits per heavy atom. The van der Waals surface area contributed by atoms with Crippen molar-refractivity contribution >= 4 is 16.9 Å². The molecule has 1 N–H and O–H groups in total. The molecule has 1 amide bonds. The molecule has 1 aromatic heterocycles. The molecule has 2 fully saturated rings. The number of fused-ring (bicyclic) bond motifs is 1. The molecule has 20 heavy (non-hydrogen) atoms. The third-order valence-corrected chi connectivity index (χ3v) is 4.71. The number of amides is 1. The van der Waals surface area contributed by atoms with E-state index in [-0.39, 0.29) is 12.0 Å². The Balaban J connectivity index is 1.63. The summed E-state index contributed by atoms with van der Waals surface area (Å²) in [5.41, 5.74) is 2.05. The second-order valence-corrected chi connectivity index (χ2v) is 5.96. The lowest BCUT2D eigenvalue weighted by Crippen LogP contribution is -2.38. The summed E-state index contributed by atoms with van der Waals surface area (Å²) < 4.78 is 0. The van der Waals surface area contributed by atoms with Gasteiger partial charge in [-0.2, -0.15) is 0 Å². The van der Waals surface area contributed by atoms with Gasteiger partial charge < -0.3 is 9.88 Å². The van der Waals surface area contributed by atoms with E-state index < -0.39 is 0 Å². The van der Waals surface area contributed by atoms with Gasteiger partial charge in [0.2, 0.25) is 5.91 Å². The summed E-state index contributed by atoms with van der Waals surface area (Å²) in [6, 6.07) is 8.21. The monoisotopic (exact) mass is 269 g/mol. The summed E-state index contributed by atoms with van der Waals surface area (Å²) >= 11 is 0. The lowest BCUT2D eigenvalue weighted by atomic mass is 9.84. The van der Waals surface area contributed by atoms with Crippen molar-refractivity contribution in [3.05, 3.63) is 30.1 Å². The largest absolute Gasteiger partial charge is 0.340 e. The molecule has 1 atom stereocenters. The molecule has 4 rings (SSSR count). The zero-order chi connectivity index (χ0) is 13.5. The number of carbonyl (C=O) groups excluding carboxylic acids is 1. The number of aromatic nitrogens is 2. The first kappa shape index (κ1) is 11.9. The zero-order valence-corrected chi connectivity index (χ0v) is 11.5. The van der Waals surface area contributed by atoms with Gasteiger partial charge in [0, 0.05) is 12.5 Å². The summed E-state index contributed by atoms with van der Waals surface area (Å²) in [5, 5.41) is 0. The maximum absolute atomic E-state index is 12.5. The molecule has 0 unspecified atom stereocenters. The number of aromatic amines is 1. The number of hydrogen-bond donors (Lipinski definition) is 1. The highest BCUT2D eigenvalue weighted by Gasteiger charge is 2.37. The number of nitrogens with zero attached hydrogens (tertiary/aromatic N) is 2. The molecule has 1 aliphatic heterocycles. The van der Waals surface area contributed by atoms with Gasteiger partial charge in [0.1, 0.15) is 5.82 Å². The molecule has 1 aromatic carbocycles. The number of rotatable bonds is 2. The van der Waals surface area contributed by atoms with Crippen molar-refractivity contribution < 1.29 is 4.79 Å². The first-order valence-electron chi connectivity index (χ1n) is 7.58. The molecule has 4 nitrogen and oxygen atoms in total. The average Bonchev–Trinajstić information content (AvgIpc) is 3.02. The highest BCUT2D eigenvalue weighted by molar-refractivity contribution is 5.80. The topological polar surface area (TPSA) is 49.0 Å². The van der Waals surface area contributed by atoms with Crippen LogP contribution in [-0.2, 0) is 4.79 Å². The molecular weight excluding hydrogens is 250 g/mol. The number of benzene rings is 1. The fourth-order valence-electron chi connectivity index (χ4n) is 3.33. The Hall–Kier alpha value is -1.84. The van der Waals surface area contributed by atoms with Crippen LogP contribution in [0.3, 0.4) is 0 Å². The third-order valence-electron chi connectivity index (χ3n) is 4.71. The molecule has 0 radical (unpaired) electrons. The fourth-order valence-corrected chi connectivity index (χ4v) is 3.33. The third kappa shape index (κ3) is 1.82. The van der Waals surface area contributed by atoms with Gasteiger partial charge in [-0.05, 0) is 37.8 Å². The predicted octanol–water partition coefficient (Wildman–Crippen LogP) is 3.03. The maximum atomic E-state index is 12.5. The van der Waals surface area contributed by atoms with Crippen LogP contribution in [0.2, 0.25) is 0 Å². The van der Waals surface area contributed by atoms with Gasteiger partial charge in [-0.3, -0.25) is 4.79 Å². The number of likely N-dealkylation sites (tertiary alicyclic amines) is 1. The molecule has 2 heterocycles. The van der Waals surface area contributed by atoms with Crippen molar-refractivity contribution in [3.63, 3.8) is 0 Å². The molecule has 4 heteroatoms.